The van der Waals surface area contributed by atoms with E-state index in [1.807, 2.05) is 42.5 Å². The number of carbonyl (C=O) groups excluding carboxylic acids is 1. The van der Waals surface area contributed by atoms with Crippen molar-refractivity contribution in [2.24, 2.45) is 5.92 Å². The van der Waals surface area contributed by atoms with Crippen LogP contribution in [0.15, 0.2) is 59.4 Å². The SMILES string of the molecule is CC(C)CCn1nc(C(=O)NCCc2ccccc2)c2ccccc2c1=O. The Kier molecular flexibility index (Phi) is 6.01. The summed E-state index contributed by atoms with van der Waals surface area (Å²) in [5, 5.41) is 8.45. The fourth-order valence-electron chi connectivity index (χ4n) is 2.98. The zero-order valence-corrected chi connectivity index (χ0v) is 15.8. The summed E-state index contributed by atoms with van der Waals surface area (Å²) in [5.41, 5.74) is 1.33. The van der Waals surface area contributed by atoms with Gasteiger partial charge < -0.3 is 5.32 Å². The fraction of sp³-hybridized carbons (Fsp3) is 0.318. The summed E-state index contributed by atoms with van der Waals surface area (Å²) in [5.74, 6) is 0.203. The highest BCUT2D eigenvalue weighted by Crippen LogP contribution is 2.14. The molecule has 0 saturated heterocycles. The van der Waals surface area contributed by atoms with E-state index in [1.165, 1.54) is 4.68 Å². The molecule has 0 saturated carbocycles. The van der Waals surface area contributed by atoms with Gasteiger partial charge in [0.15, 0.2) is 5.69 Å². The van der Waals surface area contributed by atoms with E-state index < -0.39 is 0 Å². The lowest BCUT2D eigenvalue weighted by Gasteiger charge is -2.12. The molecule has 0 unspecified atom stereocenters. The van der Waals surface area contributed by atoms with Gasteiger partial charge in [0.05, 0.1) is 5.39 Å². The number of fused-ring (bicyclic) bond motifs is 1. The third-order valence-electron chi connectivity index (χ3n) is 4.54. The van der Waals surface area contributed by atoms with Crippen molar-refractivity contribution in [3.05, 3.63) is 76.2 Å². The average Bonchev–Trinajstić information content (AvgIpc) is 2.68. The van der Waals surface area contributed by atoms with E-state index in [4.69, 9.17) is 0 Å². The van der Waals surface area contributed by atoms with Gasteiger partial charge in [-0.05, 0) is 30.4 Å². The first-order chi connectivity index (χ1) is 13.1. The predicted octanol–water partition coefficient (Wildman–Crippen LogP) is 3.42. The van der Waals surface area contributed by atoms with Crippen LogP contribution in [-0.2, 0) is 13.0 Å². The van der Waals surface area contributed by atoms with E-state index in [2.05, 4.69) is 24.3 Å². The summed E-state index contributed by atoms with van der Waals surface area (Å²) in [6.45, 7) is 5.22. The van der Waals surface area contributed by atoms with E-state index in [0.29, 0.717) is 35.5 Å². The zero-order valence-electron chi connectivity index (χ0n) is 15.8. The second-order valence-electron chi connectivity index (χ2n) is 7.10. The summed E-state index contributed by atoms with van der Waals surface area (Å²) >= 11 is 0. The van der Waals surface area contributed by atoms with Crippen molar-refractivity contribution in [2.45, 2.75) is 33.2 Å². The molecule has 27 heavy (non-hydrogen) atoms. The number of hydrogen-bond donors (Lipinski definition) is 1. The first kappa shape index (κ1) is 18.8. The summed E-state index contributed by atoms with van der Waals surface area (Å²) in [6.07, 6.45) is 1.58. The lowest BCUT2D eigenvalue weighted by Crippen LogP contribution is -2.32. The second-order valence-corrected chi connectivity index (χ2v) is 7.10. The molecule has 5 nitrogen and oxygen atoms in total. The molecule has 0 aliphatic rings. The largest absolute Gasteiger partial charge is 0.350 e. The molecular weight excluding hydrogens is 338 g/mol. The predicted molar refractivity (Wildman–Crippen MR) is 108 cm³/mol. The Morgan fingerprint density at radius 3 is 2.41 bits per heavy atom. The number of aromatic nitrogens is 2. The maximum absolute atomic E-state index is 12.8. The zero-order chi connectivity index (χ0) is 19.2. The minimum Gasteiger partial charge on any atom is -0.350 e. The molecule has 0 atom stereocenters. The molecule has 3 rings (SSSR count). The molecule has 0 bridgehead atoms. The molecule has 140 valence electrons. The maximum Gasteiger partial charge on any atom is 0.274 e. The van der Waals surface area contributed by atoms with Crippen LogP contribution in [0, 0.1) is 5.92 Å². The number of hydrogen-bond acceptors (Lipinski definition) is 3. The molecule has 0 aliphatic carbocycles. The lowest BCUT2D eigenvalue weighted by atomic mass is 10.1. The van der Waals surface area contributed by atoms with Gasteiger partial charge >= 0.3 is 0 Å². The molecule has 3 aromatic rings. The molecule has 1 heterocycles. The number of nitrogens with one attached hydrogen (secondary N) is 1. The summed E-state index contributed by atoms with van der Waals surface area (Å²) in [7, 11) is 0. The number of benzene rings is 2. The van der Waals surface area contributed by atoms with Crippen molar-refractivity contribution >= 4 is 16.7 Å². The molecule has 1 amide bonds. The van der Waals surface area contributed by atoms with Gasteiger partial charge in [-0.15, -0.1) is 0 Å². The Morgan fingerprint density at radius 1 is 1.04 bits per heavy atom. The number of aryl methyl sites for hydroxylation is 1. The van der Waals surface area contributed by atoms with Gasteiger partial charge in [-0.1, -0.05) is 62.4 Å². The smallest absolute Gasteiger partial charge is 0.274 e. The Hall–Kier alpha value is -2.95. The van der Waals surface area contributed by atoms with Crippen molar-refractivity contribution < 1.29 is 4.79 Å². The quantitative estimate of drug-likeness (QED) is 0.700. The fourth-order valence-corrected chi connectivity index (χ4v) is 2.98. The van der Waals surface area contributed by atoms with Crippen molar-refractivity contribution in [1.29, 1.82) is 0 Å². The molecule has 0 fully saturated rings. The van der Waals surface area contributed by atoms with Gasteiger partial charge in [-0.25, -0.2) is 4.68 Å². The van der Waals surface area contributed by atoms with Crippen LogP contribution in [0.2, 0.25) is 0 Å². The van der Waals surface area contributed by atoms with Gasteiger partial charge in [0.2, 0.25) is 0 Å². The Labute approximate surface area is 159 Å². The van der Waals surface area contributed by atoms with Crippen LogP contribution in [0.4, 0.5) is 0 Å². The highest BCUT2D eigenvalue weighted by Gasteiger charge is 2.16. The molecule has 1 aromatic heterocycles. The molecule has 0 radical (unpaired) electrons. The van der Waals surface area contributed by atoms with E-state index in [0.717, 1.165) is 18.4 Å². The van der Waals surface area contributed by atoms with E-state index in [1.54, 1.807) is 12.1 Å². The Balaban J connectivity index is 1.84. The highest BCUT2D eigenvalue weighted by atomic mass is 16.2. The molecule has 0 aliphatic heterocycles. The lowest BCUT2D eigenvalue weighted by molar-refractivity contribution is 0.0948. The summed E-state index contributed by atoms with van der Waals surface area (Å²) in [4.78, 5) is 25.4. The van der Waals surface area contributed by atoms with Crippen LogP contribution in [0.5, 0.6) is 0 Å². The topological polar surface area (TPSA) is 64.0 Å². The third-order valence-corrected chi connectivity index (χ3v) is 4.54. The van der Waals surface area contributed by atoms with Gasteiger partial charge in [-0.3, -0.25) is 9.59 Å². The summed E-state index contributed by atoms with van der Waals surface area (Å²) < 4.78 is 1.43. The molecule has 1 N–H and O–H groups in total. The van der Waals surface area contributed by atoms with Crippen molar-refractivity contribution in [2.75, 3.05) is 6.54 Å². The molecule has 5 heteroatoms. The molecule has 2 aromatic carbocycles. The van der Waals surface area contributed by atoms with Crippen LogP contribution in [0.3, 0.4) is 0 Å². The van der Waals surface area contributed by atoms with E-state index >= 15 is 0 Å². The molecule has 0 spiro atoms. The van der Waals surface area contributed by atoms with Crippen LogP contribution < -0.4 is 10.9 Å². The van der Waals surface area contributed by atoms with Gasteiger partial charge in [0, 0.05) is 18.5 Å². The number of amides is 1. The minimum atomic E-state index is -0.250. The first-order valence-electron chi connectivity index (χ1n) is 9.38. The standard InChI is InChI=1S/C22H25N3O2/c1-16(2)13-15-25-22(27)19-11-7-6-10-18(19)20(24-25)21(26)23-14-12-17-8-4-3-5-9-17/h3-11,16H,12-15H2,1-2H3,(H,23,26). The van der Waals surface area contributed by atoms with E-state index in [9.17, 15) is 9.59 Å². The van der Waals surface area contributed by atoms with Crippen LogP contribution in [0.1, 0.15) is 36.3 Å². The van der Waals surface area contributed by atoms with Crippen LogP contribution in [-0.4, -0.2) is 22.2 Å². The van der Waals surface area contributed by atoms with Gasteiger partial charge in [0.1, 0.15) is 0 Å². The van der Waals surface area contributed by atoms with Crippen molar-refractivity contribution in [3.8, 4) is 0 Å². The Bertz CT molecular complexity index is 978. The first-order valence-corrected chi connectivity index (χ1v) is 9.38. The summed E-state index contributed by atoms with van der Waals surface area (Å²) in [6, 6.07) is 17.2. The van der Waals surface area contributed by atoms with Crippen LogP contribution in [0.25, 0.3) is 10.8 Å². The monoisotopic (exact) mass is 363 g/mol. The number of carbonyl (C=O) groups is 1. The van der Waals surface area contributed by atoms with Crippen molar-refractivity contribution in [1.82, 2.24) is 15.1 Å². The van der Waals surface area contributed by atoms with Crippen LogP contribution >= 0.6 is 0 Å². The third kappa shape index (κ3) is 4.61. The number of rotatable bonds is 7. The Morgan fingerprint density at radius 2 is 1.70 bits per heavy atom. The normalized spacial score (nSPS) is 11.1. The second kappa shape index (κ2) is 8.62. The van der Waals surface area contributed by atoms with E-state index in [-0.39, 0.29) is 11.5 Å². The minimum absolute atomic E-state index is 0.146. The van der Waals surface area contributed by atoms with Crippen molar-refractivity contribution in [3.63, 3.8) is 0 Å². The molecular formula is C22H25N3O2. The number of nitrogens with zero attached hydrogens (tertiary/aromatic N) is 2. The van der Waals surface area contributed by atoms with Gasteiger partial charge in [-0.2, -0.15) is 5.10 Å². The average molecular weight is 363 g/mol. The maximum atomic E-state index is 12.8. The van der Waals surface area contributed by atoms with Gasteiger partial charge in [0.25, 0.3) is 11.5 Å². The highest BCUT2D eigenvalue weighted by molar-refractivity contribution is 6.04.